The van der Waals surface area contributed by atoms with Gasteiger partial charge in [0.05, 0.1) is 11.9 Å². The van der Waals surface area contributed by atoms with Crippen molar-refractivity contribution in [1.82, 2.24) is 4.72 Å². The second-order valence-corrected chi connectivity index (χ2v) is 7.12. The van der Waals surface area contributed by atoms with E-state index in [0.717, 1.165) is 32.1 Å². The van der Waals surface area contributed by atoms with Crippen LogP contribution in [0, 0.1) is 0 Å². The quantitative estimate of drug-likeness (QED) is 0.769. The van der Waals surface area contributed by atoms with Gasteiger partial charge in [-0.05, 0) is 32.1 Å². The minimum Gasteiger partial charge on any atom is -0.380 e. The number of nitrogens with two attached hydrogens (primary N) is 1. The molecule has 1 saturated carbocycles. The molecular weight excluding hydrogens is 240 g/mol. The molecule has 17 heavy (non-hydrogen) atoms. The van der Waals surface area contributed by atoms with Crippen LogP contribution >= 0.6 is 0 Å². The molecule has 2 fully saturated rings. The molecule has 0 amide bonds. The van der Waals surface area contributed by atoms with Crippen molar-refractivity contribution in [2.45, 2.75) is 55.9 Å². The maximum absolute atomic E-state index is 12.1. The van der Waals surface area contributed by atoms with Crippen molar-refractivity contribution in [3.63, 3.8) is 0 Å². The minimum absolute atomic E-state index is 0.0191. The van der Waals surface area contributed by atoms with Gasteiger partial charge in [0.2, 0.25) is 10.0 Å². The summed E-state index contributed by atoms with van der Waals surface area (Å²) in [7, 11) is -3.24. The average Bonchev–Trinajstić information content (AvgIpc) is 2.29. The lowest BCUT2D eigenvalue weighted by Crippen LogP contribution is -2.47. The fourth-order valence-electron chi connectivity index (χ4n) is 2.62. The van der Waals surface area contributed by atoms with Crippen LogP contribution in [0.25, 0.3) is 0 Å². The summed E-state index contributed by atoms with van der Waals surface area (Å²) in [4.78, 5) is 0. The highest BCUT2D eigenvalue weighted by Crippen LogP contribution is 2.20. The zero-order valence-corrected chi connectivity index (χ0v) is 10.9. The van der Waals surface area contributed by atoms with Crippen LogP contribution in [0.5, 0.6) is 0 Å². The first kappa shape index (κ1) is 13.3. The van der Waals surface area contributed by atoms with E-state index in [1.165, 1.54) is 0 Å². The van der Waals surface area contributed by atoms with E-state index in [-0.39, 0.29) is 17.3 Å². The smallest absolute Gasteiger partial charge is 0.217 e. The van der Waals surface area contributed by atoms with Crippen LogP contribution in [-0.4, -0.2) is 39.0 Å². The molecule has 0 aromatic carbocycles. The molecule has 3 atom stereocenters. The third kappa shape index (κ3) is 3.64. The normalized spacial score (nSPS) is 35.7. The monoisotopic (exact) mass is 262 g/mol. The first-order valence-corrected chi connectivity index (χ1v) is 7.97. The fraction of sp³-hybridized carbons (Fsp3) is 1.00. The van der Waals surface area contributed by atoms with Gasteiger partial charge < -0.3 is 10.5 Å². The minimum atomic E-state index is -3.24. The van der Waals surface area contributed by atoms with Crippen LogP contribution in [0.3, 0.4) is 0 Å². The SMILES string of the molecule is NC1CCCC(NS(=O)(=O)C2CCCOC2)C1. The summed E-state index contributed by atoms with van der Waals surface area (Å²) in [5.74, 6) is 0. The molecule has 6 heteroatoms. The van der Waals surface area contributed by atoms with Crippen molar-refractivity contribution >= 4 is 10.0 Å². The lowest BCUT2D eigenvalue weighted by molar-refractivity contribution is 0.0986. The number of rotatable bonds is 3. The molecule has 1 saturated heterocycles. The van der Waals surface area contributed by atoms with E-state index < -0.39 is 10.0 Å². The molecule has 1 aliphatic heterocycles. The Morgan fingerprint density at radius 2 is 2.00 bits per heavy atom. The van der Waals surface area contributed by atoms with Gasteiger partial charge in [0.15, 0.2) is 0 Å². The van der Waals surface area contributed by atoms with E-state index in [1.54, 1.807) is 0 Å². The Labute approximate surface area is 103 Å². The van der Waals surface area contributed by atoms with E-state index in [9.17, 15) is 8.42 Å². The van der Waals surface area contributed by atoms with Crippen molar-refractivity contribution in [2.24, 2.45) is 5.73 Å². The molecule has 0 spiro atoms. The topological polar surface area (TPSA) is 81.4 Å². The number of ether oxygens (including phenoxy) is 1. The highest BCUT2D eigenvalue weighted by molar-refractivity contribution is 7.90. The first-order valence-electron chi connectivity index (χ1n) is 6.42. The third-order valence-electron chi connectivity index (χ3n) is 3.60. The van der Waals surface area contributed by atoms with E-state index in [1.807, 2.05) is 0 Å². The zero-order chi connectivity index (χ0) is 12.3. The van der Waals surface area contributed by atoms with Crippen LogP contribution < -0.4 is 10.5 Å². The molecule has 5 nitrogen and oxygen atoms in total. The largest absolute Gasteiger partial charge is 0.380 e. The van der Waals surface area contributed by atoms with Crippen molar-refractivity contribution in [2.75, 3.05) is 13.2 Å². The van der Waals surface area contributed by atoms with E-state index >= 15 is 0 Å². The van der Waals surface area contributed by atoms with Crippen molar-refractivity contribution in [1.29, 1.82) is 0 Å². The molecule has 3 unspecified atom stereocenters. The maximum Gasteiger partial charge on any atom is 0.217 e. The van der Waals surface area contributed by atoms with Gasteiger partial charge in [0.25, 0.3) is 0 Å². The van der Waals surface area contributed by atoms with Crippen LogP contribution in [-0.2, 0) is 14.8 Å². The molecule has 1 heterocycles. The standard InChI is InChI=1S/C11H22N2O3S/c12-9-3-1-4-10(7-9)13-17(14,15)11-5-2-6-16-8-11/h9-11,13H,1-8,12H2. The predicted molar refractivity (Wildman–Crippen MR) is 66.1 cm³/mol. The van der Waals surface area contributed by atoms with E-state index in [0.29, 0.717) is 19.6 Å². The van der Waals surface area contributed by atoms with Gasteiger partial charge in [0.1, 0.15) is 0 Å². The summed E-state index contributed by atoms with van der Waals surface area (Å²) < 4.78 is 32.3. The fourth-order valence-corrected chi connectivity index (χ4v) is 4.24. The number of hydrogen-bond acceptors (Lipinski definition) is 4. The Bertz CT molecular complexity index is 339. The molecule has 0 radical (unpaired) electrons. The zero-order valence-electron chi connectivity index (χ0n) is 10.1. The predicted octanol–water partition coefficient (Wildman–Crippen LogP) is 0.355. The summed E-state index contributed by atoms with van der Waals surface area (Å²) >= 11 is 0. The van der Waals surface area contributed by atoms with E-state index in [4.69, 9.17) is 10.5 Å². The van der Waals surface area contributed by atoms with Gasteiger partial charge in [-0.2, -0.15) is 0 Å². The second-order valence-electron chi connectivity index (χ2n) is 5.13. The number of nitrogens with one attached hydrogen (secondary N) is 1. The van der Waals surface area contributed by atoms with E-state index in [2.05, 4.69) is 4.72 Å². The summed E-state index contributed by atoms with van der Waals surface area (Å²) in [5, 5.41) is -0.380. The Morgan fingerprint density at radius 3 is 2.65 bits per heavy atom. The van der Waals surface area contributed by atoms with Crippen molar-refractivity contribution < 1.29 is 13.2 Å². The molecule has 1 aliphatic carbocycles. The number of hydrogen-bond donors (Lipinski definition) is 2. The van der Waals surface area contributed by atoms with Gasteiger partial charge in [-0.1, -0.05) is 6.42 Å². The Kier molecular flexibility index (Phi) is 4.41. The Morgan fingerprint density at radius 1 is 1.18 bits per heavy atom. The molecule has 100 valence electrons. The van der Waals surface area contributed by atoms with Crippen LogP contribution in [0.15, 0.2) is 0 Å². The van der Waals surface area contributed by atoms with Gasteiger partial charge in [0, 0.05) is 18.7 Å². The summed E-state index contributed by atoms with van der Waals surface area (Å²) in [5.41, 5.74) is 5.86. The molecule has 3 N–H and O–H groups in total. The first-order chi connectivity index (χ1) is 8.08. The maximum atomic E-state index is 12.1. The Hall–Kier alpha value is -0.170. The number of sulfonamides is 1. The van der Waals surface area contributed by atoms with Gasteiger partial charge >= 0.3 is 0 Å². The highest BCUT2D eigenvalue weighted by Gasteiger charge is 2.31. The lowest BCUT2D eigenvalue weighted by Gasteiger charge is -2.30. The van der Waals surface area contributed by atoms with Crippen LogP contribution in [0.2, 0.25) is 0 Å². The lowest BCUT2D eigenvalue weighted by atomic mass is 9.92. The molecule has 2 aliphatic rings. The molecular formula is C11H22N2O3S. The summed E-state index contributed by atoms with van der Waals surface area (Å²) in [6, 6.07) is 0.157. The molecule has 0 bridgehead atoms. The van der Waals surface area contributed by atoms with Crippen molar-refractivity contribution in [3.8, 4) is 0 Å². The summed E-state index contributed by atoms with van der Waals surface area (Å²) in [6.45, 7) is 1.01. The summed E-state index contributed by atoms with van der Waals surface area (Å²) in [6.07, 6.45) is 5.21. The van der Waals surface area contributed by atoms with Crippen LogP contribution in [0.4, 0.5) is 0 Å². The second kappa shape index (κ2) is 5.65. The van der Waals surface area contributed by atoms with Crippen molar-refractivity contribution in [3.05, 3.63) is 0 Å². The average molecular weight is 262 g/mol. The molecule has 0 aromatic rings. The van der Waals surface area contributed by atoms with Gasteiger partial charge in [-0.15, -0.1) is 0 Å². The van der Waals surface area contributed by atoms with Gasteiger partial charge in [-0.3, -0.25) is 0 Å². The molecule has 2 rings (SSSR count). The van der Waals surface area contributed by atoms with Gasteiger partial charge in [-0.25, -0.2) is 13.1 Å². The third-order valence-corrected chi connectivity index (χ3v) is 5.51. The highest BCUT2D eigenvalue weighted by atomic mass is 32.2. The van der Waals surface area contributed by atoms with Crippen LogP contribution in [0.1, 0.15) is 38.5 Å². The Balaban J connectivity index is 1.91. The molecule has 0 aromatic heterocycles.